The van der Waals surface area contributed by atoms with Crippen LogP contribution in [0.25, 0.3) is 0 Å². The van der Waals surface area contributed by atoms with Crippen molar-refractivity contribution in [1.29, 1.82) is 0 Å². The second-order valence-electron chi connectivity index (χ2n) is 5.90. The smallest absolute Gasteiger partial charge is 0.305 e. The maximum Gasteiger partial charge on any atom is 0.305 e. The average Bonchev–Trinajstić information content (AvgIpc) is 2.49. The number of hydrogen-bond acceptors (Lipinski definition) is 2. The number of rotatable bonds is 16. The molecule has 0 spiro atoms. The molecule has 0 aliphatic heterocycles. The van der Waals surface area contributed by atoms with Gasteiger partial charge in [0.15, 0.2) is 0 Å². The molecule has 126 valence electrons. The fourth-order valence-corrected chi connectivity index (χ4v) is 2.55. The number of esters is 1. The molecule has 3 heteroatoms. The SMILES string of the molecule is CCCCCCCCCCCCCCOC(=O)CCCCl. The average molecular weight is 319 g/mol. The van der Waals surface area contributed by atoms with Gasteiger partial charge in [-0.25, -0.2) is 0 Å². The maximum atomic E-state index is 11.2. The summed E-state index contributed by atoms with van der Waals surface area (Å²) < 4.78 is 5.14. The Morgan fingerprint density at radius 3 is 1.71 bits per heavy atom. The molecule has 0 unspecified atom stereocenters. The molecular formula is C18H35ClO2. The summed E-state index contributed by atoms with van der Waals surface area (Å²) in [6, 6.07) is 0. The summed E-state index contributed by atoms with van der Waals surface area (Å²) in [4.78, 5) is 11.2. The predicted octanol–water partition coefficient (Wildman–Crippen LogP) is 6.25. The van der Waals surface area contributed by atoms with E-state index >= 15 is 0 Å². The van der Waals surface area contributed by atoms with Gasteiger partial charge in [-0.2, -0.15) is 0 Å². The monoisotopic (exact) mass is 318 g/mol. The van der Waals surface area contributed by atoms with Gasteiger partial charge in [0.2, 0.25) is 0 Å². The molecular weight excluding hydrogens is 284 g/mol. The van der Waals surface area contributed by atoms with Gasteiger partial charge in [0.05, 0.1) is 6.61 Å². The lowest BCUT2D eigenvalue weighted by atomic mass is 10.1. The van der Waals surface area contributed by atoms with Crippen molar-refractivity contribution in [3.8, 4) is 0 Å². The predicted molar refractivity (Wildman–Crippen MR) is 92.0 cm³/mol. The molecule has 0 saturated carbocycles. The van der Waals surface area contributed by atoms with Crippen LogP contribution in [0.15, 0.2) is 0 Å². The third-order valence-corrected chi connectivity index (χ3v) is 4.04. The molecule has 2 nitrogen and oxygen atoms in total. The van der Waals surface area contributed by atoms with E-state index in [1.54, 1.807) is 0 Å². The van der Waals surface area contributed by atoms with Gasteiger partial charge in [-0.1, -0.05) is 77.6 Å². The fourth-order valence-electron chi connectivity index (χ4n) is 2.41. The number of alkyl halides is 1. The van der Waals surface area contributed by atoms with E-state index < -0.39 is 0 Å². The lowest BCUT2D eigenvalue weighted by molar-refractivity contribution is -0.143. The quantitative estimate of drug-likeness (QED) is 0.191. The molecule has 0 aromatic rings. The highest BCUT2D eigenvalue weighted by Crippen LogP contribution is 2.12. The zero-order valence-corrected chi connectivity index (χ0v) is 14.8. The molecule has 0 radical (unpaired) electrons. The van der Waals surface area contributed by atoms with Gasteiger partial charge < -0.3 is 4.74 Å². The maximum absolute atomic E-state index is 11.2. The highest BCUT2D eigenvalue weighted by Gasteiger charge is 2.01. The van der Waals surface area contributed by atoms with Crippen LogP contribution in [0.1, 0.15) is 96.8 Å². The van der Waals surface area contributed by atoms with Crippen LogP contribution in [0, 0.1) is 0 Å². The van der Waals surface area contributed by atoms with Gasteiger partial charge in [0.1, 0.15) is 0 Å². The molecule has 0 N–H and O–H groups in total. The second kappa shape index (κ2) is 17.8. The number of carbonyl (C=O) groups is 1. The van der Waals surface area contributed by atoms with Crippen LogP contribution in [-0.2, 0) is 9.53 Å². The van der Waals surface area contributed by atoms with E-state index in [1.807, 2.05) is 0 Å². The molecule has 0 aromatic carbocycles. The van der Waals surface area contributed by atoms with Crippen molar-refractivity contribution in [3.05, 3.63) is 0 Å². The Labute approximate surface area is 137 Å². The highest BCUT2D eigenvalue weighted by molar-refractivity contribution is 6.17. The van der Waals surface area contributed by atoms with Crippen LogP contribution < -0.4 is 0 Å². The molecule has 0 amide bonds. The van der Waals surface area contributed by atoms with Gasteiger partial charge in [0, 0.05) is 12.3 Å². The first-order chi connectivity index (χ1) is 10.3. The minimum atomic E-state index is -0.0984. The van der Waals surface area contributed by atoms with Crippen LogP contribution in [-0.4, -0.2) is 18.5 Å². The van der Waals surface area contributed by atoms with Crippen LogP contribution in [0.3, 0.4) is 0 Å². The molecule has 0 aromatic heterocycles. The standard InChI is InChI=1S/C18H35ClO2/c1-2-3-4-5-6-7-8-9-10-11-12-13-17-21-18(20)15-14-16-19/h2-17H2,1H3. The zero-order chi connectivity index (χ0) is 15.6. The van der Waals surface area contributed by atoms with E-state index in [1.165, 1.54) is 70.6 Å². The Kier molecular flexibility index (Phi) is 17.6. The summed E-state index contributed by atoms with van der Waals surface area (Å²) in [5, 5.41) is 0. The van der Waals surface area contributed by atoms with Gasteiger partial charge in [-0.05, 0) is 12.8 Å². The summed E-state index contributed by atoms with van der Waals surface area (Å²) in [6.07, 6.45) is 17.1. The Hall–Kier alpha value is -0.240. The minimum absolute atomic E-state index is 0.0984. The molecule has 0 saturated heterocycles. The Morgan fingerprint density at radius 2 is 1.24 bits per heavy atom. The second-order valence-corrected chi connectivity index (χ2v) is 6.28. The first-order valence-electron chi connectivity index (χ1n) is 9.02. The fraction of sp³-hybridized carbons (Fsp3) is 0.944. The molecule has 0 bridgehead atoms. The van der Waals surface area contributed by atoms with Gasteiger partial charge in [-0.15, -0.1) is 11.6 Å². The Morgan fingerprint density at radius 1 is 0.762 bits per heavy atom. The molecule has 0 fully saturated rings. The van der Waals surface area contributed by atoms with Crippen molar-refractivity contribution < 1.29 is 9.53 Å². The molecule has 0 aliphatic carbocycles. The largest absolute Gasteiger partial charge is 0.466 e. The van der Waals surface area contributed by atoms with E-state index in [9.17, 15) is 4.79 Å². The van der Waals surface area contributed by atoms with Gasteiger partial charge in [0.25, 0.3) is 0 Å². The van der Waals surface area contributed by atoms with Crippen molar-refractivity contribution in [2.45, 2.75) is 96.8 Å². The minimum Gasteiger partial charge on any atom is -0.466 e. The van der Waals surface area contributed by atoms with Gasteiger partial charge >= 0.3 is 5.97 Å². The lowest BCUT2D eigenvalue weighted by Crippen LogP contribution is -2.05. The van der Waals surface area contributed by atoms with Crippen molar-refractivity contribution in [3.63, 3.8) is 0 Å². The topological polar surface area (TPSA) is 26.3 Å². The molecule has 21 heavy (non-hydrogen) atoms. The number of unbranched alkanes of at least 4 members (excludes halogenated alkanes) is 11. The first-order valence-corrected chi connectivity index (χ1v) is 9.56. The highest BCUT2D eigenvalue weighted by atomic mass is 35.5. The molecule has 0 heterocycles. The number of ether oxygens (including phenoxy) is 1. The van der Waals surface area contributed by atoms with E-state index in [-0.39, 0.29) is 5.97 Å². The molecule has 0 atom stereocenters. The third kappa shape index (κ3) is 17.7. The number of carbonyl (C=O) groups excluding carboxylic acids is 1. The zero-order valence-electron chi connectivity index (χ0n) is 14.0. The Bertz CT molecular complexity index is 219. The summed E-state index contributed by atoms with van der Waals surface area (Å²) in [6.45, 7) is 2.85. The van der Waals surface area contributed by atoms with E-state index in [0.717, 1.165) is 12.8 Å². The molecule has 0 aliphatic rings. The summed E-state index contributed by atoms with van der Waals surface area (Å²) >= 11 is 5.52. The summed E-state index contributed by atoms with van der Waals surface area (Å²) in [5.41, 5.74) is 0. The van der Waals surface area contributed by atoms with Crippen LogP contribution >= 0.6 is 11.6 Å². The summed E-state index contributed by atoms with van der Waals surface area (Å²) in [5.74, 6) is 0.437. The van der Waals surface area contributed by atoms with Crippen molar-refractivity contribution >= 4 is 17.6 Å². The normalized spacial score (nSPS) is 10.8. The van der Waals surface area contributed by atoms with Crippen molar-refractivity contribution in [2.24, 2.45) is 0 Å². The van der Waals surface area contributed by atoms with Crippen molar-refractivity contribution in [1.82, 2.24) is 0 Å². The van der Waals surface area contributed by atoms with Gasteiger partial charge in [-0.3, -0.25) is 4.79 Å². The van der Waals surface area contributed by atoms with Crippen LogP contribution in [0.2, 0.25) is 0 Å². The Balaban J connectivity index is 3.04. The van der Waals surface area contributed by atoms with Crippen molar-refractivity contribution in [2.75, 3.05) is 12.5 Å². The third-order valence-electron chi connectivity index (χ3n) is 3.78. The van der Waals surface area contributed by atoms with E-state index in [0.29, 0.717) is 18.9 Å². The van der Waals surface area contributed by atoms with E-state index in [2.05, 4.69) is 6.92 Å². The molecule has 0 rings (SSSR count). The lowest BCUT2D eigenvalue weighted by Gasteiger charge is -2.04. The van der Waals surface area contributed by atoms with E-state index in [4.69, 9.17) is 16.3 Å². The number of halogens is 1. The van der Waals surface area contributed by atoms with Crippen LogP contribution in [0.4, 0.5) is 0 Å². The summed E-state index contributed by atoms with van der Waals surface area (Å²) in [7, 11) is 0. The van der Waals surface area contributed by atoms with Crippen LogP contribution in [0.5, 0.6) is 0 Å². The number of hydrogen-bond donors (Lipinski definition) is 0. The first kappa shape index (κ1) is 20.8.